The number of aromatic nitrogens is 1. The highest BCUT2D eigenvalue weighted by molar-refractivity contribution is 7.89. The molecule has 1 aromatic carbocycles. The van der Waals surface area contributed by atoms with Gasteiger partial charge in [-0.25, -0.2) is 21.8 Å². The standard InChI is InChI=1S/C22H28N4O5S2/c27-32(28,20-5-4-18-2-1-3-19(18)16-20)25-10-8-24(9-11-25)22-7-6-21(17-23-22)33(29,30)26-12-14-31-15-13-26/h4-7,16-17H,1-3,8-15H2. The molecule has 3 heterocycles. The first-order valence-corrected chi connectivity index (χ1v) is 14.1. The monoisotopic (exact) mass is 492 g/mol. The lowest BCUT2D eigenvalue weighted by molar-refractivity contribution is 0.0730. The molecule has 0 saturated carbocycles. The van der Waals surface area contributed by atoms with Crippen LogP contribution < -0.4 is 4.90 Å². The molecular formula is C22H28N4O5S2. The first-order chi connectivity index (χ1) is 15.9. The van der Waals surface area contributed by atoms with Crippen molar-refractivity contribution < 1.29 is 21.6 Å². The van der Waals surface area contributed by atoms with Crippen LogP contribution in [0.25, 0.3) is 0 Å². The van der Waals surface area contributed by atoms with Crippen molar-refractivity contribution in [3.05, 3.63) is 47.7 Å². The molecule has 0 N–H and O–H groups in total. The smallest absolute Gasteiger partial charge is 0.244 e. The maximum atomic E-state index is 13.1. The van der Waals surface area contributed by atoms with Crippen molar-refractivity contribution in [2.75, 3.05) is 57.4 Å². The average Bonchev–Trinajstić information content (AvgIpc) is 3.33. The summed E-state index contributed by atoms with van der Waals surface area (Å²) < 4.78 is 60.0. The second-order valence-corrected chi connectivity index (χ2v) is 12.4. The molecule has 5 rings (SSSR count). The predicted octanol–water partition coefficient (Wildman–Crippen LogP) is 1.10. The summed E-state index contributed by atoms with van der Waals surface area (Å²) in [6.07, 6.45) is 4.42. The van der Waals surface area contributed by atoms with Crippen LogP contribution in [0.2, 0.25) is 0 Å². The van der Waals surface area contributed by atoms with Gasteiger partial charge < -0.3 is 9.64 Å². The lowest BCUT2D eigenvalue weighted by atomic mass is 10.1. The molecule has 2 saturated heterocycles. The number of sulfonamides is 2. The summed E-state index contributed by atoms with van der Waals surface area (Å²) in [6.45, 7) is 3.16. The Morgan fingerprint density at radius 3 is 2.06 bits per heavy atom. The zero-order chi connectivity index (χ0) is 23.1. The number of pyridine rings is 1. The van der Waals surface area contributed by atoms with E-state index in [1.165, 1.54) is 20.4 Å². The van der Waals surface area contributed by atoms with Crippen LogP contribution in [0.1, 0.15) is 17.5 Å². The summed E-state index contributed by atoms with van der Waals surface area (Å²) in [5.74, 6) is 0.644. The summed E-state index contributed by atoms with van der Waals surface area (Å²) in [5.41, 5.74) is 2.40. The van der Waals surface area contributed by atoms with Gasteiger partial charge in [-0.15, -0.1) is 0 Å². The summed E-state index contributed by atoms with van der Waals surface area (Å²) in [5, 5.41) is 0. The number of piperazine rings is 1. The number of hydrogen-bond donors (Lipinski definition) is 0. The highest BCUT2D eigenvalue weighted by atomic mass is 32.2. The zero-order valence-corrected chi connectivity index (χ0v) is 20.0. The molecule has 178 valence electrons. The third-order valence-electron chi connectivity index (χ3n) is 6.60. The molecule has 33 heavy (non-hydrogen) atoms. The number of rotatable bonds is 5. The van der Waals surface area contributed by atoms with Gasteiger partial charge in [0, 0.05) is 45.5 Å². The van der Waals surface area contributed by atoms with Crippen molar-refractivity contribution in [3.8, 4) is 0 Å². The molecule has 3 aliphatic rings. The van der Waals surface area contributed by atoms with E-state index in [9.17, 15) is 16.8 Å². The van der Waals surface area contributed by atoms with Crippen LogP contribution in [0.15, 0.2) is 46.3 Å². The molecule has 9 nitrogen and oxygen atoms in total. The predicted molar refractivity (Wildman–Crippen MR) is 123 cm³/mol. The molecule has 1 aliphatic carbocycles. The van der Waals surface area contributed by atoms with Gasteiger partial charge in [0.05, 0.1) is 18.1 Å². The molecule has 0 amide bonds. The quantitative estimate of drug-likeness (QED) is 0.616. The Bertz CT molecular complexity index is 1220. The number of hydrogen-bond acceptors (Lipinski definition) is 7. The average molecular weight is 493 g/mol. The summed E-state index contributed by atoms with van der Waals surface area (Å²) in [4.78, 5) is 6.88. The summed E-state index contributed by atoms with van der Waals surface area (Å²) in [6, 6.07) is 8.76. The Morgan fingerprint density at radius 2 is 1.36 bits per heavy atom. The van der Waals surface area contributed by atoms with Gasteiger partial charge in [-0.05, 0) is 54.7 Å². The van der Waals surface area contributed by atoms with Crippen molar-refractivity contribution in [1.82, 2.24) is 13.6 Å². The van der Waals surface area contributed by atoms with Crippen LogP contribution in [0, 0.1) is 0 Å². The number of anilines is 1. The van der Waals surface area contributed by atoms with Gasteiger partial charge in [-0.2, -0.15) is 8.61 Å². The third-order valence-corrected chi connectivity index (χ3v) is 10.4. The van der Waals surface area contributed by atoms with Gasteiger partial charge in [0.15, 0.2) is 0 Å². The van der Waals surface area contributed by atoms with Crippen LogP contribution in [0.5, 0.6) is 0 Å². The minimum absolute atomic E-state index is 0.158. The van der Waals surface area contributed by atoms with Crippen LogP contribution in [0.3, 0.4) is 0 Å². The first-order valence-electron chi connectivity index (χ1n) is 11.3. The second-order valence-electron chi connectivity index (χ2n) is 8.54. The molecule has 0 unspecified atom stereocenters. The van der Waals surface area contributed by atoms with Gasteiger partial charge in [-0.3, -0.25) is 0 Å². The van der Waals surface area contributed by atoms with E-state index in [0.29, 0.717) is 63.2 Å². The van der Waals surface area contributed by atoms with E-state index in [4.69, 9.17) is 4.74 Å². The molecule has 0 atom stereocenters. The Kier molecular flexibility index (Phi) is 6.17. The highest BCUT2D eigenvalue weighted by Gasteiger charge is 2.31. The van der Waals surface area contributed by atoms with E-state index in [1.807, 2.05) is 17.0 Å². The Hall–Kier alpha value is -2.05. The molecule has 0 spiro atoms. The fourth-order valence-electron chi connectivity index (χ4n) is 4.66. The number of morpholine rings is 1. The minimum Gasteiger partial charge on any atom is -0.379 e. The van der Waals surface area contributed by atoms with Crippen molar-refractivity contribution in [2.24, 2.45) is 0 Å². The number of benzene rings is 1. The van der Waals surface area contributed by atoms with E-state index in [-0.39, 0.29) is 4.90 Å². The lowest BCUT2D eigenvalue weighted by Gasteiger charge is -2.34. The van der Waals surface area contributed by atoms with E-state index in [1.54, 1.807) is 18.2 Å². The third kappa shape index (κ3) is 4.40. The zero-order valence-electron chi connectivity index (χ0n) is 18.4. The Morgan fingerprint density at radius 1 is 0.727 bits per heavy atom. The number of fused-ring (bicyclic) bond motifs is 1. The van der Waals surface area contributed by atoms with Crippen LogP contribution in [-0.4, -0.2) is 82.9 Å². The van der Waals surface area contributed by atoms with Crippen molar-refractivity contribution in [1.29, 1.82) is 0 Å². The molecule has 2 aromatic rings. The van der Waals surface area contributed by atoms with E-state index < -0.39 is 20.0 Å². The van der Waals surface area contributed by atoms with Gasteiger partial charge in [0.2, 0.25) is 20.0 Å². The van der Waals surface area contributed by atoms with Crippen LogP contribution >= 0.6 is 0 Å². The van der Waals surface area contributed by atoms with E-state index in [0.717, 1.165) is 24.8 Å². The molecule has 0 bridgehead atoms. The number of aryl methyl sites for hydroxylation is 2. The number of ether oxygens (including phenoxy) is 1. The summed E-state index contributed by atoms with van der Waals surface area (Å²) in [7, 11) is -7.12. The van der Waals surface area contributed by atoms with Gasteiger partial charge in [-0.1, -0.05) is 6.07 Å². The topological polar surface area (TPSA) is 100 Å². The molecular weight excluding hydrogens is 464 g/mol. The van der Waals surface area contributed by atoms with E-state index in [2.05, 4.69) is 4.98 Å². The van der Waals surface area contributed by atoms with Crippen LogP contribution in [-0.2, 0) is 37.6 Å². The Labute approximate surface area is 195 Å². The maximum Gasteiger partial charge on any atom is 0.244 e. The van der Waals surface area contributed by atoms with Crippen molar-refractivity contribution in [2.45, 2.75) is 29.1 Å². The first kappa shape index (κ1) is 22.7. The molecule has 2 aliphatic heterocycles. The Balaban J connectivity index is 1.24. The lowest BCUT2D eigenvalue weighted by Crippen LogP contribution is -2.49. The van der Waals surface area contributed by atoms with Crippen molar-refractivity contribution >= 4 is 25.9 Å². The second kappa shape index (κ2) is 8.95. The normalized spacial score (nSPS) is 20.7. The van der Waals surface area contributed by atoms with E-state index >= 15 is 0 Å². The van der Waals surface area contributed by atoms with Gasteiger partial charge in [0.25, 0.3) is 0 Å². The molecule has 1 aromatic heterocycles. The largest absolute Gasteiger partial charge is 0.379 e. The maximum absolute atomic E-state index is 13.1. The summed E-state index contributed by atoms with van der Waals surface area (Å²) >= 11 is 0. The van der Waals surface area contributed by atoms with Crippen LogP contribution in [0.4, 0.5) is 5.82 Å². The van der Waals surface area contributed by atoms with Gasteiger partial charge >= 0.3 is 0 Å². The molecule has 0 radical (unpaired) electrons. The SMILES string of the molecule is O=S(=O)(c1ccc(N2CCN(S(=O)(=O)c3ccc4c(c3)CCC4)CC2)nc1)N1CCOCC1. The van der Waals surface area contributed by atoms with Crippen molar-refractivity contribution in [3.63, 3.8) is 0 Å². The highest BCUT2D eigenvalue weighted by Crippen LogP contribution is 2.27. The number of nitrogens with zero attached hydrogens (tertiary/aromatic N) is 4. The molecule has 2 fully saturated rings. The minimum atomic E-state index is -3.59. The van der Waals surface area contributed by atoms with Gasteiger partial charge in [0.1, 0.15) is 10.7 Å². The fourth-order valence-corrected chi connectivity index (χ4v) is 7.49. The molecule has 11 heteroatoms. The fraction of sp³-hybridized carbons (Fsp3) is 0.500.